The number of hydrogen-bond donors (Lipinski definition) is 1. The van der Waals surface area contributed by atoms with Gasteiger partial charge in [-0.05, 0) is 31.4 Å². The fourth-order valence-electron chi connectivity index (χ4n) is 1.92. The maximum Gasteiger partial charge on any atom is 0.191 e. The Kier molecular flexibility index (Phi) is 4.20. The summed E-state index contributed by atoms with van der Waals surface area (Å²) in [5.74, 6) is 0.637. The average molecular weight is 261 g/mol. The molecule has 2 aromatic rings. The largest absolute Gasteiger partial charge is 0.370 e. The van der Waals surface area contributed by atoms with E-state index in [-0.39, 0.29) is 0 Å². The summed E-state index contributed by atoms with van der Waals surface area (Å²) in [6.07, 6.45) is 0. The second-order valence-electron chi connectivity index (χ2n) is 4.10. The van der Waals surface area contributed by atoms with Crippen LogP contribution in [0.25, 0.3) is 10.1 Å². The van der Waals surface area contributed by atoms with E-state index in [1.807, 2.05) is 0 Å². The smallest absolute Gasteiger partial charge is 0.191 e. The highest BCUT2D eigenvalue weighted by atomic mass is 32.1. The van der Waals surface area contributed by atoms with Gasteiger partial charge in [0.1, 0.15) is 0 Å². The van der Waals surface area contributed by atoms with Crippen LogP contribution in [0.1, 0.15) is 18.7 Å². The van der Waals surface area contributed by atoms with Crippen LogP contribution in [0.2, 0.25) is 0 Å². The van der Waals surface area contributed by atoms with E-state index in [0.29, 0.717) is 12.5 Å². The third-order valence-electron chi connectivity index (χ3n) is 2.96. The molecule has 18 heavy (non-hydrogen) atoms. The molecule has 4 heteroatoms. The first-order valence-corrected chi connectivity index (χ1v) is 7.08. The van der Waals surface area contributed by atoms with Crippen molar-refractivity contribution in [3.8, 4) is 0 Å². The normalized spacial score (nSPS) is 12.0. The topological polar surface area (TPSA) is 41.6 Å². The Hall–Kier alpha value is -1.55. The predicted octanol–water partition coefficient (Wildman–Crippen LogP) is 3.06. The molecule has 0 aliphatic carbocycles. The van der Waals surface area contributed by atoms with E-state index in [2.05, 4.69) is 54.1 Å². The van der Waals surface area contributed by atoms with Gasteiger partial charge in [-0.25, -0.2) is 4.99 Å². The molecule has 2 N–H and O–H groups in total. The summed E-state index contributed by atoms with van der Waals surface area (Å²) in [5.41, 5.74) is 5.96. The molecule has 0 bridgehead atoms. The number of benzene rings is 1. The number of nitrogens with two attached hydrogens (primary N) is 1. The summed E-state index contributed by atoms with van der Waals surface area (Å²) in [6, 6.07) is 10.6. The number of guanidine groups is 1. The van der Waals surface area contributed by atoms with Crippen LogP contribution in [0, 0.1) is 0 Å². The summed E-state index contributed by atoms with van der Waals surface area (Å²) in [5, 5.41) is 1.29. The lowest BCUT2D eigenvalue weighted by Crippen LogP contribution is -2.36. The molecule has 0 aliphatic heterocycles. The highest BCUT2D eigenvalue weighted by Crippen LogP contribution is 2.25. The van der Waals surface area contributed by atoms with Crippen LogP contribution in [-0.4, -0.2) is 23.9 Å². The number of nitrogens with zero attached hydrogens (tertiary/aromatic N) is 2. The highest BCUT2D eigenvalue weighted by Gasteiger charge is 2.03. The second kappa shape index (κ2) is 5.87. The molecule has 96 valence electrons. The molecule has 1 heterocycles. The molecule has 0 amide bonds. The highest BCUT2D eigenvalue weighted by molar-refractivity contribution is 7.19. The van der Waals surface area contributed by atoms with Crippen LogP contribution in [0.15, 0.2) is 35.3 Å². The zero-order chi connectivity index (χ0) is 13.0. The van der Waals surface area contributed by atoms with Gasteiger partial charge in [-0.2, -0.15) is 0 Å². The molecule has 0 radical (unpaired) electrons. The van der Waals surface area contributed by atoms with Crippen molar-refractivity contribution in [1.82, 2.24) is 4.90 Å². The third-order valence-corrected chi connectivity index (χ3v) is 4.06. The Morgan fingerprint density at radius 2 is 2.00 bits per heavy atom. The number of aliphatic imine (C=N–C) groups is 1. The molecule has 0 spiro atoms. The first-order chi connectivity index (χ1) is 8.74. The molecule has 3 nitrogen and oxygen atoms in total. The monoisotopic (exact) mass is 261 g/mol. The average Bonchev–Trinajstić information content (AvgIpc) is 2.80. The van der Waals surface area contributed by atoms with Gasteiger partial charge in [0.05, 0.1) is 6.54 Å². The van der Waals surface area contributed by atoms with E-state index in [0.717, 1.165) is 13.1 Å². The molecule has 0 unspecified atom stereocenters. The number of fused-ring (bicyclic) bond motifs is 1. The van der Waals surface area contributed by atoms with Crippen molar-refractivity contribution in [2.75, 3.05) is 13.1 Å². The van der Waals surface area contributed by atoms with Gasteiger partial charge in [0.25, 0.3) is 0 Å². The minimum atomic E-state index is 0.637. The van der Waals surface area contributed by atoms with E-state index in [1.54, 1.807) is 11.3 Å². The fourth-order valence-corrected chi connectivity index (χ4v) is 2.91. The van der Waals surface area contributed by atoms with E-state index in [9.17, 15) is 0 Å². The Morgan fingerprint density at radius 3 is 2.67 bits per heavy atom. The van der Waals surface area contributed by atoms with Crippen molar-refractivity contribution in [2.45, 2.75) is 20.4 Å². The summed E-state index contributed by atoms with van der Waals surface area (Å²) in [6.45, 7) is 6.65. The maximum absolute atomic E-state index is 5.96. The standard InChI is InChI=1S/C14H19N3S/c1-3-17(4-2)14(15)16-10-12-9-11-7-5-6-8-13(11)18-12/h5-9H,3-4,10H2,1-2H3,(H2,15,16). The van der Waals surface area contributed by atoms with Crippen molar-refractivity contribution < 1.29 is 0 Å². The van der Waals surface area contributed by atoms with Gasteiger partial charge in [-0.3, -0.25) is 0 Å². The molecule has 0 fully saturated rings. The molecule has 2 rings (SSSR count). The number of thiophene rings is 1. The minimum absolute atomic E-state index is 0.637. The molecule has 1 aromatic heterocycles. The van der Waals surface area contributed by atoms with Crippen LogP contribution in [0.4, 0.5) is 0 Å². The zero-order valence-corrected chi connectivity index (χ0v) is 11.7. The van der Waals surface area contributed by atoms with Crippen molar-refractivity contribution in [2.24, 2.45) is 10.7 Å². The van der Waals surface area contributed by atoms with Gasteiger partial charge in [0.15, 0.2) is 5.96 Å². The van der Waals surface area contributed by atoms with E-state index in [1.165, 1.54) is 15.0 Å². The Morgan fingerprint density at radius 1 is 1.28 bits per heavy atom. The van der Waals surface area contributed by atoms with Gasteiger partial charge in [0.2, 0.25) is 0 Å². The quantitative estimate of drug-likeness (QED) is 0.679. The van der Waals surface area contributed by atoms with Gasteiger partial charge in [-0.15, -0.1) is 11.3 Å². The zero-order valence-electron chi connectivity index (χ0n) is 10.9. The van der Waals surface area contributed by atoms with Gasteiger partial charge < -0.3 is 10.6 Å². The lowest BCUT2D eigenvalue weighted by molar-refractivity contribution is 0.458. The maximum atomic E-state index is 5.96. The van der Waals surface area contributed by atoms with Crippen molar-refractivity contribution in [1.29, 1.82) is 0 Å². The van der Waals surface area contributed by atoms with Crippen LogP contribution in [0.3, 0.4) is 0 Å². The lowest BCUT2D eigenvalue weighted by Gasteiger charge is -2.19. The molecule has 1 aromatic carbocycles. The first-order valence-electron chi connectivity index (χ1n) is 6.27. The summed E-state index contributed by atoms with van der Waals surface area (Å²) in [4.78, 5) is 7.78. The number of rotatable bonds is 4. The van der Waals surface area contributed by atoms with Crippen molar-refractivity contribution in [3.05, 3.63) is 35.2 Å². The van der Waals surface area contributed by atoms with Crippen LogP contribution in [0.5, 0.6) is 0 Å². The van der Waals surface area contributed by atoms with E-state index in [4.69, 9.17) is 5.73 Å². The first kappa shape index (κ1) is 12.9. The summed E-state index contributed by atoms with van der Waals surface area (Å²) >= 11 is 1.79. The third kappa shape index (κ3) is 2.82. The lowest BCUT2D eigenvalue weighted by atomic mass is 10.2. The van der Waals surface area contributed by atoms with E-state index >= 15 is 0 Å². The number of hydrogen-bond acceptors (Lipinski definition) is 2. The van der Waals surface area contributed by atoms with Crippen LogP contribution in [-0.2, 0) is 6.54 Å². The van der Waals surface area contributed by atoms with Crippen LogP contribution >= 0.6 is 11.3 Å². The molecular weight excluding hydrogens is 242 g/mol. The molecule has 0 atom stereocenters. The van der Waals surface area contributed by atoms with Crippen LogP contribution < -0.4 is 5.73 Å². The Bertz CT molecular complexity index is 508. The molecule has 0 aliphatic rings. The fraction of sp³-hybridized carbons (Fsp3) is 0.357. The molecule has 0 saturated carbocycles. The summed E-state index contributed by atoms with van der Waals surface area (Å²) in [7, 11) is 0. The van der Waals surface area contributed by atoms with Gasteiger partial charge >= 0.3 is 0 Å². The second-order valence-corrected chi connectivity index (χ2v) is 5.27. The predicted molar refractivity (Wildman–Crippen MR) is 80.1 cm³/mol. The summed E-state index contributed by atoms with van der Waals surface area (Å²) < 4.78 is 1.31. The van der Waals surface area contributed by atoms with Gasteiger partial charge in [0, 0.05) is 22.7 Å². The SMILES string of the molecule is CCN(CC)C(N)=NCc1cc2ccccc2s1. The Labute approximate surface area is 112 Å². The van der Waals surface area contributed by atoms with E-state index < -0.39 is 0 Å². The van der Waals surface area contributed by atoms with Gasteiger partial charge in [-0.1, -0.05) is 18.2 Å². The van der Waals surface area contributed by atoms with Crippen molar-refractivity contribution >= 4 is 27.4 Å². The Balaban J connectivity index is 2.11. The molecular formula is C14H19N3S. The van der Waals surface area contributed by atoms with Crippen molar-refractivity contribution in [3.63, 3.8) is 0 Å². The minimum Gasteiger partial charge on any atom is -0.370 e. The molecule has 0 saturated heterocycles.